The highest BCUT2D eigenvalue weighted by molar-refractivity contribution is 5.80. The van der Waals surface area contributed by atoms with E-state index in [0.29, 0.717) is 19.3 Å². The van der Waals surface area contributed by atoms with Crippen molar-refractivity contribution in [3.8, 4) is 0 Å². The molecule has 3 atom stereocenters. The molecule has 3 fully saturated rings. The van der Waals surface area contributed by atoms with Crippen molar-refractivity contribution in [3.05, 3.63) is 0 Å². The highest BCUT2D eigenvalue weighted by atomic mass is 16.5. The summed E-state index contributed by atoms with van der Waals surface area (Å²) in [6.07, 6.45) is 4.95. The number of methoxy groups -OCH3 is 1. The Kier molecular flexibility index (Phi) is 2.11. The largest absolute Gasteiger partial charge is 0.468 e. The van der Waals surface area contributed by atoms with Crippen molar-refractivity contribution in [2.24, 2.45) is 5.41 Å². The Morgan fingerprint density at radius 3 is 2.56 bits per heavy atom. The number of hydrogen-bond donors (Lipinski definition) is 1. The molecule has 2 bridgehead atoms. The van der Waals surface area contributed by atoms with E-state index in [1.54, 1.807) is 0 Å². The van der Waals surface area contributed by atoms with Crippen LogP contribution in [0.2, 0.25) is 0 Å². The molecule has 2 saturated heterocycles. The molecule has 0 aromatic carbocycles. The van der Waals surface area contributed by atoms with Crippen molar-refractivity contribution in [2.75, 3.05) is 7.11 Å². The predicted molar refractivity (Wildman–Crippen MR) is 55.8 cm³/mol. The quantitative estimate of drug-likeness (QED) is 0.714. The molecule has 0 radical (unpaired) electrons. The van der Waals surface area contributed by atoms with Crippen molar-refractivity contribution in [1.82, 2.24) is 0 Å². The Morgan fingerprint density at radius 1 is 1.44 bits per heavy atom. The maximum Gasteiger partial charge on any atom is 0.317 e. The Bertz CT molecular complexity index is 323. The number of esters is 1. The van der Waals surface area contributed by atoms with Crippen molar-refractivity contribution >= 4 is 5.97 Å². The number of rotatable bonds is 2. The van der Waals surface area contributed by atoms with Crippen LogP contribution in [0.15, 0.2) is 0 Å². The normalized spacial score (nSPS) is 44.1. The number of fused-ring (bicyclic) bond motifs is 2. The van der Waals surface area contributed by atoms with Crippen molar-refractivity contribution < 1.29 is 19.4 Å². The van der Waals surface area contributed by atoms with Crippen LogP contribution in [0.25, 0.3) is 0 Å². The molecule has 1 saturated carbocycles. The lowest BCUT2D eigenvalue weighted by Gasteiger charge is -2.51. The lowest BCUT2D eigenvalue weighted by Crippen LogP contribution is -2.62. The standard InChI is InChI=1S/C12H18O4/c1-15-10(13)12(11(14)5-2-6-11)7-8-3-4-9(12)16-8/h8-9,14H,2-7H2,1H3. The molecular weight excluding hydrogens is 208 g/mol. The molecule has 0 aromatic rings. The van der Waals surface area contributed by atoms with E-state index in [4.69, 9.17) is 9.47 Å². The van der Waals surface area contributed by atoms with Gasteiger partial charge in [0, 0.05) is 0 Å². The second-order valence-corrected chi connectivity index (χ2v) is 5.38. The third-order valence-corrected chi connectivity index (χ3v) is 4.77. The monoisotopic (exact) mass is 226 g/mol. The summed E-state index contributed by atoms with van der Waals surface area (Å²) in [4.78, 5) is 12.1. The molecule has 0 amide bonds. The number of ether oxygens (including phenoxy) is 2. The molecule has 2 aliphatic heterocycles. The second-order valence-electron chi connectivity index (χ2n) is 5.38. The SMILES string of the molecule is COC(=O)C1(C2(O)CCC2)CC2CCC1O2. The van der Waals surface area contributed by atoms with Gasteiger partial charge in [-0.05, 0) is 38.5 Å². The van der Waals surface area contributed by atoms with Gasteiger partial charge in [0.1, 0.15) is 5.41 Å². The van der Waals surface area contributed by atoms with E-state index in [9.17, 15) is 9.90 Å². The van der Waals surface area contributed by atoms with E-state index in [1.807, 2.05) is 0 Å². The lowest BCUT2D eigenvalue weighted by atomic mass is 9.55. The zero-order valence-corrected chi connectivity index (χ0v) is 9.57. The van der Waals surface area contributed by atoms with Gasteiger partial charge in [0.05, 0.1) is 24.9 Å². The van der Waals surface area contributed by atoms with E-state index in [-0.39, 0.29) is 18.2 Å². The first kappa shape index (κ1) is 10.5. The van der Waals surface area contributed by atoms with Gasteiger partial charge in [0.15, 0.2) is 0 Å². The van der Waals surface area contributed by atoms with Gasteiger partial charge >= 0.3 is 5.97 Å². The summed E-state index contributed by atoms with van der Waals surface area (Å²) in [5.41, 5.74) is -1.65. The van der Waals surface area contributed by atoms with Crippen molar-refractivity contribution in [3.63, 3.8) is 0 Å². The summed E-state index contributed by atoms with van der Waals surface area (Å²) in [6, 6.07) is 0. The third-order valence-electron chi connectivity index (χ3n) is 4.77. The highest BCUT2D eigenvalue weighted by Gasteiger charge is 2.69. The Balaban J connectivity index is 1.98. The van der Waals surface area contributed by atoms with E-state index in [2.05, 4.69) is 0 Å². The van der Waals surface area contributed by atoms with Crippen LogP contribution in [-0.2, 0) is 14.3 Å². The van der Waals surface area contributed by atoms with E-state index in [1.165, 1.54) is 7.11 Å². The van der Waals surface area contributed by atoms with Gasteiger partial charge in [-0.15, -0.1) is 0 Å². The number of carbonyl (C=O) groups is 1. The molecule has 3 aliphatic rings. The molecular formula is C12H18O4. The minimum absolute atomic E-state index is 0.129. The maximum atomic E-state index is 12.1. The topological polar surface area (TPSA) is 55.8 Å². The van der Waals surface area contributed by atoms with Crippen molar-refractivity contribution in [1.29, 1.82) is 0 Å². The van der Waals surface area contributed by atoms with Gasteiger partial charge in [-0.25, -0.2) is 0 Å². The average molecular weight is 226 g/mol. The average Bonchev–Trinajstić information content (AvgIpc) is 2.84. The summed E-state index contributed by atoms with van der Waals surface area (Å²) >= 11 is 0. The van der Waals surface area contributed by atoms with Gasteiger partial charge in [-0.1, -0.05) is 0 Å². The molecule has 1 aliphatic carbocycles. The number of hydrogen-bond acceptors (Lipinski definition) is 4. The second kappa shape index (κ2) is 3.20. The fraction of sp³-hybridized carbons (Fsp3) is 0.917. The van der Waals surface area contributed by atoms with Crippen LogP contribution in [0, 0.1) is 5.41 Å². The number of carbonyl (C=O) groups excluding carboxylic acids is 1. The fourth-order valence-electron chi connectivity index (χ4n) is 3.74. The Morgan fingerprint density at radius 2 is 2.19 bits per heavy atom. The summed E-state index contributed by atoms with van der Waals surface area (Å²) in [5.74, 6) is -0.276. The molecule has 0 spiro atoms. The summed E-state index contributed by atoms with van der Waals surface area (Å²) in [6.45, 7) is 0. The number of aliphatic hydroxyl groups is 1. The zero-order valence-electron chi connectivity index (χ0n) is 9.57. The molecule has 4 heteroatoms. The molecule has 0 aromatic heterocycles. The zero-order chi connectivity index (χ0) is 11.4. The molecule has 16 heavy (non-hydrogen) atoms. The maximum absolute atomic E-state index is 12.1. The van der Waals surface area contributed by atoms with Crippen LogP contribution < -0.4 is 0 Å². The minimum atomic E-state index is -0.875. The first-order valence-electron chi connectivity index (χ1n) is 6.09. The predicted octanol–water partition coefficient (Wildman–Crippen LogP) is 1.01. The van der Waals surface area contributed by atoms with Gasteiger partial charge in [-0.2, -0.15) is 0 Å². The molecule has 2 heterocycles. The molecule has 4 nitrogen and oxygen atoms in total. The van der Waals surface area contributed by atoms with Gasteiger partial charge in [0.25, 0.3) is 0 Å². The molecule has 1 N–H and O–H groups in total. The van der Waals surface area contributed by atoms with Crippen LogP contribution in [-0.4, -0.2) is 36.0 Å². The van der Waals surface area contributed by atoms with Gasteiger partial charge < -0.3 is 14.6 Å². The van der Waals surface area contributed by atoms with E-state index in [0.717, 1.165) is 19.3 Å². The van der Waals surface area contributed by atoms with Crippen LogP contribution in [0.5, 0.6) is 0 Å². The third kappa shape index (κ3) is 1.04. The Hall–Kier alpha value is -0.610. The van der Waals surface area contributed by atoms with Crippen LogP contribution in [0.3, 0.4) is 0 Å². The molecule has 90 valence electrons. The summed E-state index contributed by atoms with van der Waals surface area (Å²) < 4.78 is 10.7. The summed E-state index contributed by atoms with van der Waals surface area (Å²) in [5, 5.41) is 10.6. The fourth-order valence-corrected chi connectivity index (χ4v) is 3.74. The smallest absolute Gasteiger partial charge is 0.317 e. The van der Waals surface area contributed by atoms with Gasteiger partial charge in [0.2, 0.25) is 0 Å². The van der Waals surface area contributed by atoms with Crippen LogP contribution in [0.1, 0.15) is 38.5 Å². The lowest BCUT2D eigenvalue weighted by molar-refractivity contribution is -0.198. The highest BCUT2D eigenvalue weighted by Crippen LogP contribution is 2.59. The molecule has 3 unspecified atom stereocenters. The van der Waals surface area contributed by atoms with E-state index >= 15 is 0 Å². The van der Waals surface area contributed by atoms with Gasteiger partial charge in [-0.3, -0.25) is 4.79 Å². The minimum Gasteiger partial charge on any atom is -0.468 e. The summed E-state index contributed by atoms with van der Waals surface area (Å²) in [7, 11) is 1.40. The Labute approximate surface area is 94.9 Å². The molecule has 3 rings (SSSR count). The first-order valence-corrected chi connectivity index (χ1v) is 6.09. The first-order chi connectivity index (χ1) is 7.62. The van der Waals surface area contributed by atoms with E-state index < -0.39 is 11.0 Å². The van der Waals surface area contributed by atoms with Crippen molar-refractivity contribution in [2.45, 2.75) is 56.3 Å². The van der Waals surface area contributed by atoms with Crippen LogP contribution >= 0.6 is 0 Å². The van der Waals surface area contributed by atoms with Crippen LogP contribution in [0.4, 0.5) is 0 Å².